The lowest BCUT2D eigenvalue weighted by atomic mass is 10.2. The smallest absolute Gasteiger partial charge is 0.137 e. The number of hydrogen-bond acceptors (Lipinski definition) is 4. The van der Waals surface area contributed by atoms with Gasteiger partial charge in [0.15, 0.2) is 0 Å². The van der Waals surface area contributed by atoms with Gasteiger partial charge in [-0.3, -0.25) is 0 Å². The molecule has 1 aromatic carbocycles. The normalized spacial score (nSPS) is 17.6. The Balaban J connectivity index is 1.92. The Bertz CT molecular complexity index is 571. The van der Waals surface area contributed by atoms with Gasteiger partial charge in [0, 0.05) is 14.8 Å². The molecule has 0 radical (unpaired) electrons. The number of nitrogens with one attached hydrogen (secondary N) is 1. The molecule has 2 aromatic rings. The SMILES string of the molecule is OC1CCc2c(Nc3ccc(I)cc3)ncnc21. The van der Waals surface area contributed by atoms with Gasteiger partial charge >= 0.3 is 0 Å². The van der Waals surface area contributed by atoms with Crippen molar-refractivity contribution in [1.82, 2.24) is 9.97 Å². The minimum Gasteiger partial charge on any atom is -0.387 e. The molecule has 1 aliphatic rings. The van der Waals surface area contributed by atoms with Crippen LogP contribution in [0.2, 0.25) is 0 Å². The number of rotatable bonds is 2. The molecule has 1 unspecified atom stereocenters. The number of hydrogen-bond donors (Lipinski definition) is 2. The molecule has 0 fully saturated rings. The zero-order valence-electron chi connectivity index (χ0n) is 9.60. The van der Waals surface area contributed by atoms with Crippen LogP contribution in [0.25, 0.3) is 0 Å². The van der Waals surface area contributed by atoms with E-state index in [0.717, 1.165) is 35.6 Å². The van der Waals surface area contributed by atoms with Crippen LogP contribution in [-0.2, 0) is 6.42 Å². The molecule has 5 heteroatoms. The van der Waals surface area contributed by atoms with Gasteiger partial charge < -0.3 is 10.4 Å². The highest BCUT2D eigenvalue weighted by atomic mass is 127. The van der Waals surface area contributed by atoms with Crippen LogP contribution in [-0.4, -0.2) is 15.1 Å². The first-order valence-electron chi connectivity index (χ1n) is 5.78. The Morgan fingerprint density at radius 1 is 1.22 bits per heavy atom. The first kappa shape index (κ1) is 11.9. The Labute approximate surface area is 119 Å². The van der Waals surface area contributed by atoms with Gasteiger partial charge in [0.05, 0.1) is 11.8 Å². The molecule has 3 rings (SSSR count). The summed E-state index contributed by atoms with van der Waals surface area (Å²) >= 11 is 2.27. The summed E-state index contributed by atoms with van der Waals surface area (Å²) in [6.45, 7) is 0. The monoisotopic (exact) mass is 353 g/mol. The molecule has 1 aromatic heterocycles. The first-order chi connectivity index (χ1) is 8.74. The van der Waals surface area contributed by atoms with Gasteiger partial charge in [-0.25, -0.2) is 9.97 Å². The summed E-state index contributed by atoms with van der Waals surface area (Å²) in [5.74, 6) is 0.803. The minimum absolute atomic E-state index is 0.444. The highest BCUT2D eigenvalue weighted by Gasteiger charge is 2.24. The van der Waals surface area contributed by atoms with Crippen molar-refractivity contribution in [3.05, 3.63) is 45.4 Å². The molecular formula is C13H12IN3O. The quantitative estimate of drug-likeness (QED) is 0.816. The van der Waals surface area contributed by atoms with E-state index in [1.54, 1.807) is 0 Å². The third-order valence-electron chi connectivity index (χ3n) is 3.07. The lowest BCUT2D eigenvalue weighted by molar-refractivity contribution is 0.175. The summed E-state index contributed by atoms with van der Waals surface area (Å²) in [5, 5.41) is 13.1. The fourth-order valence-corrected chi connectivity index (χ4v) is 2.51. The maximum Gasteiger partial charge on any atom is 0.137 e. The maximum absolute atomic E-state index is 9.79. The molecule has 1 heterocycles. The average Bonchev–Trinajstić information content (AvgIpc) is 2.76. The fraction of sp³-hybridized carbons (Fsp3) is 0.231. The Hall–Kier alpha value is -1.21. The van der Waals surface area contributed by atoms with Crippen molar-refractivity contribution in [2.45, 2.75) is 18.9 Å². The number of aliphatic hydroxyl groups is 1. The third-order valence-corrected chi connectivity index (χ3v) is 3.79. The number of nitrogens with zero attached hydrogens (tertiary/aromatic N) is 2. The van der Waals surface area contributed by atoms with Crippen molar-refractivity contribution in [2.24, 2.45) is 0 Å². The summed E-state index contributed by atoms with van der Waals surface area (Å²) in [4.78, 5) is 8.42. The Morgan fingerprint density at radius 3 is 2.78 bits per heavy atom. The molecule has 0 amide bonds. The van der Waals surface area contributed by atoms with E-state index < -0.39 is 6.10 Å². The standard InChI is InChI=1S/C13H12IN3O/c14-8-1-3-9(4-2-8)17-13-10-5-6-11(18)12(10)15-7-16-13/h1-4,7,11,18H,5-6H2,(H,15,16,17). The first-order valence-corrected chi connectivity index (χ1v) is 6.86. The largest absolute Gasteiger partial charge is 0.387 e. The summed E-state index contributed by atoms with van der Waals surface area (Å²) < 4.78 is 1.20. The summed E-state index contributed by atoms with van der Waals surface area (Å²) in [6, 6.07) is 8.11. The topological polar surface area (TPSA) is 58.0 Å². The average molecular weight is 353 g/mol. The van der Waals surface area contributed by atoms with E-state index in [9.17, 15) is 5.11 Å². The molecule has 1 aliphatic carbocycles. The van der Waals surface area contributed by atoms with Gasteiger partial charge in [0.25, 0.3) is 0 Å². The van der Waals surface area contributed by atoms with Gasteiger partial charge in [0.1, 0.15) is 12.1 Å². The molecule has 0 saturated carbocycles. The van der Waals surface area contributed by atoms with Crippen LogP contribution in [0.5, 0.6) is 0 Å². The van der Waals surface area contributed by atoms with Crippen molar-refractivity contribution in [2.75, 3.05) is 5.32 Å². The van der Waals surface area contributed by atoms with E-state index in [1.165, 1.54) is 9.90 Å². The zero-order valence-corrected chi connectivity index (χ0v) is 11.8. The second-order valence-electron chi connectivity index (χ2n) is 4.27. The van der Waals surface area contributed by atoms with Crippen LogP contribution in [0.3, 0.4) is 0 Å². The van der Waals surface area contributed by atoms with Gasteiger partial charge in [0.2, 0.25) is 0 Å². The fourth-order valence-electron chi connectivity index (χ4n) is 2.16. The van der Waals surface area contributed by atoms with Crippen molar-refractivity contribution in [3.8, 4) is 0 Å². The van der Waals surface area contributed by atoms with Crippen LogP contribution in [0.4, 0.5) is 11.5 Å². The molecule has 2 N–H and O–H groups in total. The van der Waals surface area contributed by atoms with E-state index in [1.807, 2.05) is 24.3 Å². The molecule has 0 aliphatic heterocycles. The molecule has 1 atom stereocenters. The van der Waals surface area contributed by atoms with Crippen LogP contribution < -0.4 is 5.32 Å². The lowest BCUT2D eigenvalue weighted by Crippen LogP contribution is -2.01. The van der Waals surface area contributed by atoms with Crippen molar-refractivity contribution < 1.29 is 5.11 Å². The Morgan fingerprint density at radius 2 is 2.00 bits per heavy atom. The molecular weight excluding hydrogens is 341 g/mol. The van der Waals surface area contributed by atoms with Gasteiger partial charge in [-0.15, -0.1) is 0 Å². The molecule has 92 valence electrons. The Kier molecular flexibility index (Phi) is 3.17. The van der Waals surface area contributed by atoms with Crippen LogP contribution >= 0.6 is 22.6 Å². The lowest BCUT2D eigenvalue weighted by Gasteiger charge is -2.10. The molecule has 0 saturated heterocycles. The van der Waals surface area contributed by atoms with Crippen molar-refractivity contribution in [3.63, 3.8) is 0 Å². The van der Waals surface area contributed by atoms with Crippen molar-refractivity contribution >= 4 is 34.1 Å². The minimum atomic E-state index is -0.444. The molecule has 0 bridgehead atoms. The van der Waals surface area contributed by atoms with E-state index in [4.69, 9.17) is 0 Å². The number of aliphatic hydroxyl groups excluding tert-OH is 1. The summed E-state index contributed by atoms with van der Waals surface area (Å²) in [6.07, 6.45) is 2.61. The van der Waals surface area contributed by atoms with Gasteiger partial charge in [-0.2, -0.15) is 0 Å². The maximum atomic E-state index is 9.79. The molecule has 0 spiro atoms. The zero-order chi connectivity index (χ0) is 12.5. The van der Waals surface area contributed by atoms with E-state index in [0.29, 0.717) is 0 Å². The summed E-state index contributed by atoms with van der Waals surface area (Å²) in [7, 11) is 0. The van der Waals surface area contributed by atoms with Gasteiger partial charge in [-0.1, -0.05) is 0 Å². The second-order valence-corrected chi connectivity index (χ2v) is 5.52. The number of benzene rings is 1. The number of anilines is 2. The van der Waals surface area contributed by atoms with E-state index in [-0.39, 0.29) is 0 Å². The second kappa shape index (κ2) is 4.81. The van der Waals surface area contributed by atoms with Crippen LogP contribution in [0.1, 0.15) is 23.8 Å². The number of halogens is 1. The number of fused-ring (bicyclic) bond motifs is 1. The summed E-state index contributed by atoms with van der Waals surface area (Å²) in [5.41, 5.74) is 2.79. The van der Waals surface area contributed by atoms with Crippen LogP contribution in [0.15, 0.2) is 30.6 Å². The molecule has 4 nitrogen and oxygen atoms in total. The predicted molar refractivity (Wildman–Crippen MR) is 77.8 cm³/mol. The third kappa shape index (κ3) is 2.20. The van der Waals surface area contributed by atoms with Gasteiger partial charge in [-0.05, 0) is 59.7 Å². The predicted octanol–water partition coefficient (Wildman–Crippen LogP) is 2.80. The number of aromatic nitrogens is 2. The van der Waals surface area contributed by atoms with Crippen molar-refractivity contribution in [1.29, 1.82) is 0 Å². The highest BCUT2D eigenvalue weighted by molar-refractivity contribution is 14.1. The molecule has 18 heavy (non-hydrogen) atoms. The highest BCUT2D eigenvalue weighted by Crippen LogP contribution is 2.33. The van der Waals surface area contributed by atoms with E-state index in [2.05, 4.69) is 37.9 Å². The van der Waals surface area contributed by atoms with Crippen LogP contribution in [0, 0.1) is 3.57 Å². The van der Waals surface area contributed by atoms with E-state index >= 15 is 0 Å².